The summed E-state index contributed by atoms with van der Waals surface area (Å²) in [5.74, 6) is -0.403. The third-order valence-corrected chi connectivity index (χ3v) is 5.15. The van der Waals surface area contributed by atoms with Crippen molar-refractivity contribution in [3.63, 3.8) is 0 Å². The van der Waals surface area contributed by atoms with E-state index < -0.39 is 17.2 Å². The topological polar surface area (TPSA) is 90.9 Å². The highest BCUT2D eigenvalue weighted by Gasteiger charge is 2.19. The van der Waals surface area contributed by atoms with E-state index in [1.54, 1.807) is 12.1 Å². The SMILES string of the molecule is Cn1c(=O)c2c(nc(Br)n2CC(=O)Nc2ccc(Cl)c(Cl)c2)n(C)c1=O. The minimum Gasteiger partial charge on any atom is -0.324 e. The number of rotatable bonds is 3. The Morgan fingerprint density at radius 1 is 1.19 bits per heavy atom. The second-order valence-electron chi connectivity index (χ2n) is 5.52. The number of carbonyl (C=O) groups excluding carboxylic acids is 1. The quantitative estimate of drug-likeness (QED) is 0.606. The molecular weight excluding hydrogens is 449 g/mol. The number of imidazole rings is 1. The summed E-state index contributed by atoms with van der Waals surface area (Å²) in [6.07, 6.45) is 0. The van der Waals surface area contributed by atoms with Crippen LogP contribution < -0.4 is 16.6 Å². The van der Waals surface area contributed by atoms with Crippen LogP contribution in [0.4, 0.5) is 5.69 Å². The van der Waals surface area contributed by atoms with Crippen LogP contribution in [0.2, 0.25) is 10.0 Å². The summed E-state index contributed by atoms with van der Waals surface area (Å²) in [4.78, 5) is 41.0. The fraction of sp³-hybridized carbons (Fsp3) is 0.200. The number of nitrogens with one attached hydrogen (secondary N) is 1. The molecule has 1 aromatic carbocycles. The molecule has 2 heterocycles. The summed E-state index contributed by atoms with van der Waals surface area (Å²) < 4.78 is 3.86. The molecule has 2 aromatic heterocycles. The van der Waals surface area contributed by atoms with Gasteiger partial charge in [-0.2, -0.15) is 0 Å². The molecule has 8 nitrogen and oxygen atoms in total. The van der Waals surface area contributed by atoms with Crippen molar-refractivity contribution in [2.45, 2.75) is 6.54 Å². The Morgan fingerprint density at radius 3 is 2.54 bits per heavy atom. The van der Waals surface area contributed by atoms with Crippen molar-refractivity contribution in [1.29, 1.82) is 0 Å². The first-order chi connectivity index (χ1) is 12.2. The average molecular weight is 461 g/mol. The van der Waals surface area contributed by atoms with Crippen LogP contribution in [-0.4, -0.2) is 24.6 Å². The Labute approximate surface area is 165 Å². The molecule has 3 aromatic rings. The predicted octanol–water partition coefficient (Wildman–Crippen LogP) is 2.14. The number of benzene rings is 1. The van der Waals surface area contributed by atoms with Crippen molar-refractivity contribution in [3.05, 3.63) is 53.8 Å². The lowest BCUT2D eigenvalue weighted by Crippen LogP contribution is -2.37. The number of aryl methyl sites for hydroxylation is 1. The molecule has 0 bridgehead atoms. The highest BCUT2D eigenvalue weighted by molar-refractivity contribution is 9.10. The van der Waals surface area contributed by atoms with Gasteiger partial charge < -0.3 is 9.88 Å². The van der Waals surface area contributed by atoms with Crippen molar-refractivity contribution in [2.75, 3.05) is 5.32 Å². The molecule has 0 saturated carbocycles. The molecule has 0 aliphatic rings. The van der Waals surface area contributed by atoms with E-state index in [4.69, 9.17) is 23.2 Å². The zero-order valence-electron chi connectivity index (χ0n) is 13.6. The fourth-order valence-corrected chi connectivity index (χ4v) is 3.25. The van der Waals surface area contributed by atoms with Crippen molar-refractivity contribution < 1.29 is 4.79 Å². The van der Waals surface area contributed by atoms with E-state index in [1.165, 1.54) is 29.3 Å². The molecule has 0 radical (unpaired) electrons. The molecule has 3 rings (SSSR count). The largest absolute Gasteiger partial charge is 0.332 e. The third kappa shape index (κ3) is 3.17. The average Bonchev–Trinajstić information content (AvgIpc) is 2.91. The zero-order valence-corrected chi connectivity index (χ0v) is 16.7. The number of amides is 1. The second kappa shape index (κ2) is 6.90. The number of nitrogens with zero attached hydrogens (tertiary/aromatic N) is 4. The van der Waals surface area contributed by atoms with E-state index in [2.05, 4.69) is 26.2 Å². The van der Waals surface area contributed by atoms with Gasteiger partial charge in [-0.1, -0.05) is 23.2 Å². The van der Waals surface area contributed by atoms with Gasteiger partial charge in [0.15, 0.2) is 15.9 Å². The van der Waals surface area contributed by atoms with E-state index in [9.17, 15) is 14.4 Å². The van der Waals surface area contributed by atoms with Gasteiger partial charge in [-0.3, -0.25) is 18.7 Å². The van der Waals surface area contributed by atoms with Crippen molar-refractivity contribution >= 4 is 61.9 Å². The van der Waals surface area contributed by atoms with Crippen LogP contribution in [0.3, 0.4) is 0 Å². The van der Waals surface area contributed by atoms with E-state index in [0.717, 1.165) is 4.57 Å². The number of hydrogen-bond acceptors (Lipinski definition) is 4. The molecule has 0 aliphatic carbocycles. The number of hydrogen-bond donors (Lipinski definition) is 1. The van der Waals surface area contributed by atoms with Gasteiger partial charge in [-0.05, 0) is 34.1 Å². The highest BCUT2D eigenvalue weighted by atomic mass is 79.9. The fourth-order valence-electron chi connectivity index (χ4n) is 2.48. The standard InChI is InChI=1S/C15H12BrCl2N5O3/c1-21-12-11(13(25)22(2)15(21)26)23(14(16)20-12)6-10(24)19-7-3-4-8(17)9(18)5-7/h3-5H,6H2,1-2H3,(H,19,24). The van der Waals surface area contributed by atoms with Gasteiger partial charge in [-0.25, -0.2) is 9.78 Å². The smallest absolute Gasteiger partial charge is 0.324 e. The van der Waals surface area contributed by atoms with E-state index in [1.807, 2.05) is 0 Å². The maximum atomic E-state index is 12.5. The maximum absolute atomic E-state index is 12.5. The monoisotopic (exact) mass is 459 g/mol. The number of anilines is 1. The van der Waals surface area contributed by atoms with Crippen molar-refractivity contribution in [2.24, 2.45) is 14.1 Å². The van der Waals surface area contributed by atoms with Gasteiger partial charge in [0.1, 0.15) is 6.54 Å². The molecule has 136 valence electrons. The molecular formula is C15H12BrCl2N5O3. The molecule has 1 amide bonds. The third-order valence-electron chi connectivity index (χ3n) is 3.81. The molecule has 1 N–H and O–H groups in total. The van der Waals surface area contributed by atoms with Crippen LogP contribution in [0.5, 0.6) is 0 Å². The van der Waals surface area contributed by atoms with Gasteiger partial charge in [0, 0.05) is 19.8 Å². The molecule has 0 saturated heterocycles. The molecule has 0 unspecified atom stereocenters. The Bertz CT molecular complexity index is 1160. The van der Waals surface area contributed by atoms with Crippen molar-refractivity contribution in [3.8, 4) is 0 Å². The second-order valence-corrected chi connectivity index (χ2v) is 7.05. The molecule has 26 heavy (non-hydrogen) atoms. The van der Waals surface area contributed by atoms with Gasteiger partial charge in [0.25, 0.3) is 5.56 Å². The number of fused-ring (bicyclic) bond motifs is 1. The van der Waals surface area contributed by atoms with Gasteiger partial charge in [0.05, 0.1) is 10.0 Å². The van der Waals surface area contributed by atoms with Gasteiger partial charge >= 0.3 is 5.69 Å². The first kappa shape index (κ1) is 18.7. The first-order valence-electron chi connectivity index (χ1n) is 7.27. The lowest BCUT2D eigenvalue weighted by molar-refractivity contribution is -0.116. The lowest BCUT2D eigenvalue weighted by Gasteiger charge is -2.09. The summed E-state index contributed by atoms with van der Waals surface area (Å²) >= 11 is 15.0. The molecule has 0 aliphatic heterocycles. The minimum atomic E-state index is -0.538. The summed E-state index contributed by atoms with van der Waals surface area (Å²) in [6.45, 7) is -0.190. The Morgan fingerprint density at radius 2 is 1.88 bits per heavy atom. The zero-order chi connectivity index (χ0) is 19.2. The van der Waals surface area contributed by atoms with Crippen molar-refractivity contribution in [1.82, 2.24) is 18.7 Å². The Hall–Kier alpha value is -2.10. The van der Waals surface area contributed by atoms with Crippen LogP contribution in [0.15, 0.2) is 32.5 Å². The van der Waals surface area contributed by atoms with Crippen LogP contribution >= 0.6 is 39.1 Å². The van der Waals surface area contributed by atoms with Crippen LogP contribution in [0, 0.1) is 0 Å². The van der Waals surface area contributed by atoms with Crippen LogP contribution in [-0.2, 0) is 25.4 Å². The van der Waals surface area contributed by atoms with E-state index in [-0.39, 0.29) is 22.4 Å². The Balaban J connectivity index is 1.99. The van der Waals surface area contributed by atoms with Gasteiger partial charge in [-0.15, -0.1) is 0 Å². The van der Waals surface area contributed by atoms with E-state index >= 15 is 0 Å². The van der Waals surface area contributed by atoms with Gasteiger partial charge in [0.2, 0.25) is 5.91 Å². The molecule has 0 spiro atoms. The first-order valence-corrected chi connectivity index (χ1v) is 8.82. The highest BCUT2D eigenvalue weighted by Crippen LogP contribution is 2.25. The predicted molar refractivity (Wildman–Crippen MR) is 103 cm³/mol. The molecule has 11 heteroatoms. The summed E-state index contributed by atoms with van der Waals surface area (Å²) in [7, 11) is 2.87. The summed E-state index contributed by atoms with van der Waals surface area (Å²) in [5.41, 5.74) is -0.244. The summed E-state index contributed by atoms with van der Waals surface area (Å²) in [6, 6.07) is 4.69. The summed E-state index contributed by atoms with van der Waals surface area (Å²) in [5, 5.41) is 3.35. The number of aromatic nitrogens is 4. The normalized spacial score (nSPS) is 11.1. The molecule has 0 atom stereocenters. The molecule has 0 fully saturated rings. The van der Waals surface area contributed by atoms with Crippen LogP contribution in [0.1, 0.15) is 0 Å². The Kier molecular flexibility index (Phi) is 4.96. The van der Waals surface area contributed by atoms with E-state index in [0.29, 0.717) is 15.7 Å². The number of halogens is 3. The minimum absolute atomic E-state index is 0.144. The maximum Gasteiger partial charge on any atom is 0.332 e. The lowest BCUT2D eigenvalue weighted by atomic mass is 10.3. The van der Waals surface area contributed by atoms with Crippen LogP contribution in [0.25, 0.3) is 11.2 Å². The number of carbonyl (C=O) groups is 1.